The van der Waals surface area contributed by atoms with Crippen molar-refractivity contribution in [3.05, 3.63) is 29.8 Å². The second-order valence-electron chi connectivity index (χ2n) is 3.78. The lowest BCUT2D eigenvalue weighted by molar-refractivity contribution is -0.120. The van der Waals surface area contributed by atoms with Gasteiger partial charge >= 0.3 is 0 Å². The lowest BCUT2D eigenvalue weighted by atomic mass is 10.1. The van der Waals surface area contributed by atoms with Crippen molar-refractivity contribution < 1.29 is 14.3 Å². The topological polar surface area (TPSA) is 50.9 Å². The predicted octanol–water partition coefficient (Wildman–Crippen LogP) is 0.753. The van der Waals surface area contributed by atoms with Crippen molar-refractivity contribution in [1.29, 1.82) is 0 Å². The zero-order valence-electron chi connectivity index (χ0n) is 9.23. The number of amides is 1. The number of ether oxygens (including phenoxy) is 2. The van der Waals surface area contributed by atoms with Crippen molar-refractivity contribution >= 4 is 5.91 Å². The number of carbonyl (C=O) groups is 1. The molecule has 86 valence electrons. The molecule has 0 unspecified atom stereocenters. The fourth-order valence-corrected chi connectivity index (χ4v) is 1.40. The second-order valence-corrected chi connectivity index (χ2v) is 3.78. The molecular formula is C12H15NO3. The normalized spacial score (nSPS) is 17.9. The Hall–Kier alpha value is -1.55. The molecule has 0 saturated carbocycles. The van der Waals surface area contributed by atoms with Gasteiger partial charge in [-0.3, -0.25) is 4.79 Å². The van der Waals surface area contributed by atoms with Gasteiger partial charge in [0.2, 0.25) is 5.91 Å². The van der Waals surface area contributed by atoms with E-state index in [9.17, 15) is 4.79 Å². The molecular weight excluding hydrogens is 206 g/mol. The molecule has 2 rings (SSSR count). The highest BCUT2D eigenvalue weighted by atomic mass is 16.6. The Balaban J connectivity index is 1.79. The first kappa shape index (κ1) is 11.0. The van der Waals surface area contributed by atoms with Gasteiger partial charge in [-0.15, -0.1) is 0 Å². The van der Waals surface area contributed by atoms with Crippen LogP contribution in [0.25, 0.3) is 0 Å². The van der Waals surface area contributed by atoms with Crippen LogP contribution >= 0.6 is 0 Å². The van der Waals surface area contributed by atoms with Gasteiger partial charge in [0.05, 0.1) is 26.2 Å². The summed E-state index contributed by atoms with van der Waals surface area (Å²) in [5.41, 5.74) is 0.981. The van der Waals surface area contributed by atoms with Gasteiger partial charge in [-0.05, 0) is 17.7 Å². The van der Waals surface area contributed by atoms with E-state index in [1.54, 1.807) is 7.11 Å². The number of epoxide rings is 1. The fourth-order valence-electron chi connectivity index (χ4n) is 1.40. The van der Waals surface area contributed by atoms with Gasteiger partial charge in [-0.2, -0.15) is 0 Å². The van der Waals surface area contributed by atoms with Crippen molar-refractivity contribution in [2.75, 3.05) is 20.3 Å². The maximum Gasteiger partial charge on any atom is 0.224 e. The minimum Gasteiger partial charge on any atom is -0.497 e. The van der Waals surface area contributed by atoms with Gasteiger partial charge in [0.25, 0.3) is 0 Å². The van der Waals surface area contributed by atoms with Crippen LogP contribution in [0.2, 0.25) is 0 Å². The molecule has 1 amide bonds. The molecule has 0 bridgehead atoms. The first-order chi connectivity index (χ1) is 7.78. The maximum absolute atomic E-state index is 11.5. The zero-order chi connectivity index (χ0) is 11.4. The average Bonchev–Trinajstić information content (AvgIpc) is 3.11. The summed E-state index contributed by atoms with van der Waals surface area (Å²) in [6.07, 6.45) is 0.635. The van der Waals surface area contributed by atoms with Crippen LogP contribution in [0.3, 0.4) is 0 Å². The number of nitrogens with one attached hydrogen (secondary N) is 1. The largest absolute Gasteiger partial charge is 0.497 e. The van der Waals surface area contributed by atoms with Crippen LogP contribution < -0.4 is 10.1 Å². The van der Waals surface area contributed by atoms with Crippen molar-refractivity contribution in [3.63, 3.8) is 0 Å². The monoisotopic (exact) mass is 221 g/mol. The van der Waals surface area contributed by atoms with E-state index < -0.39 is 0 Å². The second kappa shape index (κ2) is 4.99. The van der Waals surface area contributed by atoms with Crippen LogP contribution in [0.1, 0.15) is 5.56 Å². The van der Waals surface area contributed by atoms with Gasteiger partial charge in [0.1, 0.15) is 5.75 Å². The quantitative estimate of drug-likeness (QED) is 0.746. The first-order valence-electron chi connectivity index (χ1n) is 5.29. The Morgan fingerprint density at radius 2 is 2.19 bits per heavy atom. The highest BCUT2D eigenvalue weighted by molar-refractivity contribution is 5.78. The molecule has 1 aliphatic heterocycles. The van der Waals surface area contributed by atoms with Crippen LogP contribution in [-0.2, 0) is 16.0 Å². The molecule has 1 saturated heterocycles. The highest BCUT2D eigenvalue weighted by Gasteiger charge is 2.22. The Morgan fingerprint density at radius 3 is 2.75 bits per heavy atom. The maximum atomic E-state index is 11.5. The van der Waals surface area contributed by atoms with Crippen LogP contribution in [0.4, 0.5) is 0 Å². The van der Waals surface area contributed by atoms with E-state index in [-0.39, 0.29) is 12.0 Å². The summed E-state index contributed by atoms with van der Waals surface area (Å²) in [7, 11) is 1.62. The third kappa shape index (κ3) is 3.24. The number of rotatable bonds is 5. The SMILES string of the molecule is COc1ccc(CC(=O)NC[C@@H]2CO2)cc1. The summed E-state index contributed by atoms with van der Waals surface area (Å²) >= 11 is 0. The lowest BCUT2D eigenvalue weighted by Gasteiger charge is -2.04. The molecule has 0 aromatic heterocycles. The van der Waals surface area contributed by atoms with Crippen LogP contribution in [0, 0.1) is 0 Å². The minimum absolute atomic E-state index is 0.0284. The van der Waals surface area contributed by atoms with E-state index in [0.717, 1.165) is 17.9 Å². The summed E-state index contributed by atoms with van der Waals surface area (Å²) in [4.78, 5) is 11.5. The van der Waals surface area contributed by atoms with Crippen molar-refractivity contribution in [2.24, 2.45) is 0 Å². The van der Waals surface area contributed by atoms with E-state index in [1.807, 2.05) is 24.3 Å². The molecule has 1 N–H and O–H groups in total. The van der Waals surface area contributed by atoms with E-state index in [2.05, 4.69) is 5.32 Å². The van der Waals surface area contributed by atoms with E-state index in [0.29, 0.717) is 13.0 Å². The van der Waals surface area contributed by atoms with Gasteiger partial charge in [-0.1, -0.05) is 12.1 Å². The molecule has 1 atom stereocenters. The molecule has 0 radical (unpaired) electrons. The molecule has 1 fully saturated rings. The summed E-state index contributed by atoms with van der Waals surface area (Å²) < 4.78 is 10.1. The minimum atomic E-state index is 0.0284. The van der Waals surface area contributed by atoms with Crippen LogP contribution in [0.5, 0.6) is 5.75 Å². The fraction of sp³-hybridized carbons (Fsp3) is 0.417. The third-order valence-corrected chi connectivity index (χ3v) is 2.45. The zero-order valence-corrected chi connectivity index (χ0v) is 9.23. The van der Waals surface area contributed by atoms with E-state index in [4.69, 9.17) is 9.47 Å². The summed E-state index contributed by atoms with van der Waals surface area (Å²) in [6, 6.07) is 7.50. The van der Waals surface area contributed by atoms with E-state index >= 15 is 0 Å². The third-order valence-electron chi connectivity index (χ3n) is 2.45. The van der Waals surface area contributed by atoms with Gasteiger partial charge < -0.3 is 14.8 Å². The molecule has 0 spiro atoms. The Labute approximate surface area is 94.6 Å². The van der Waals surface area contributed by atoms with Crippen LogP contribution in [-0.4, -0.2) is 32.3 Å². The molecule has 1 heterocycles. The Bertz CT molecular complexity index is 357. The lowest BCUT2D eigenvalue weighted by Crippen LogP contribution is -2.28. The first-order valence-corrected chi connectivity index (χ1v) is 5.29. The standard InChI is InChI=1S/C12H15NO3/c1-15-10-4-2-9(3-5-10)6-12(14)13-7-11-8-16-11/h2-5,11H,6-8H2,1H3,(H,13,14)/t11-/m1/s1. The van der Waals surface area contributed by atoms with Gasteiger partial charge in [0.15, 0.2) is 0 Å². The average molecular weight is 221 g/mol. The van der Waals surface area contributed by atoms with Gasteiger partial charge in [-0.25, -0.2) is 0 Å². The van der Waals surface area contributed by atoms with E-state index in [1.165, 1.54) is 0 Å². The number of hydrogen-bond donors (Lipinski definition) is 1. The van der Waals surface area contributed by atoms with Crippen molar-refractivity contribution in [3.8, 4) is 5.75 Å². The summed E-state index contributed by atoms with van der Waals surface area (Å²) in [5, 5.41) is 2.83. The molecule has 1 aromatic carbocycles. The molecule has 1 aliphatic rings. The molecule has 4 heteroatoms. The molecule has 1 aromatic rings. The number of methoxy groups -OCH3 is 1. The molecule has 16 heavy (non-hydrogen) atoms. The number of carbonyl (C=O) groups excluding carboxylic acids is 1. The molecule has 0 aliphatic carbocycles. The molecule has 4 nitrogen and oxygen atoms in total. The highest BCUT2D eigenvalue weighted by Crippen LogP contribution is 2.11. The summed E-state index contributed by atoms with van der Waals surface area (Å²) in [6.45, 7) is 1.39. The Morgan fingerprint density at radius 1 is 1.50 bits per heavy atom. The summed E-state index contributed by atoms with van der Waals surface area (Å²) in [5.74, 6) is 0.830. The van der Waals surface area contributed by atoms with Crippen LogP contribution in [0.15, 0.2) is 24.3 Å². The number of benzene rings is 1. The Kier molecular flexibility index (Phi) is 3.41. The number of hydrogen-bond acceptors (Lipinski definition) is 3. The smallest absolute Gasteiger partial charge is 0.224 e. The van der Waals surface area contributed by atoms with Crippen molar-refractivity contribution in [2.45, 2.75) is 12.5 Å². The van der Waals surface area contributed by atoms with Crippen molar-refractivity contribution in [1.82, 2.24) is 5.32 Å². The van der Waals surface area contributed by atoms with Gasteiger partial charge in [0, 0.05) is 6.54 Å². The predicted molar refractivity (Wildman–Crippen MR) is 59.4 cm³/mol.